The molecule has 2 saturated carbocycles. The minimum Gasteiger partial charge on any atom is -0.508 e. The van der Waals surface area contributed by atoms with E-state index in [0.29, 0.717) is 41.6 Å². The summed E-state index contributed by atoms with van der Waals surface area (Å²) in [5.41, 5.74) is 2.73. The largest absolute Gasteiger partial charge is 0.508 e. The third-order valence-corrected chi connectivity index (χ3v) is 12.0. The van der Waals surface area contributed by atoms with E-state index in [0.717, 1.165) is 77.0 Å². The summed E-state index contributed by atoms with van der Waals surface area (Å²) in [6, 6.07) is 5.92. The maximum atomic E-state index is 13.0. The summed E-state index contributed by atoms with van der Waals surface area (Å²) in [6.45, 7) is 2.30. The molecule has 7 atom stereocenters. The molecule has 9 heteroatoms. The molecule has 1 unspecified atom stereocenters. The van der Waals surface area contributed by atoms with Crippen molar-refractivity contribution in [3.63, 3.8) is 0 Å². The summed E-state index contributed by atoms with van der Waals surface area (Å²) in [7, 11) is -1.35. The number of benzene rings is 1. The summed E-state index contributed by atoms with van der Waals surface area (Å²) >= 11 is 0. The molecule has 3 aliphatic carbocycles. The van der Waals surface area contributed by atoms with Crippen molar-refractivity contribution in [1.82, 2.24) is 0 Å². The van der Waals surface area contributed by atoms with E-state index in [-0.39, 0.29) is 17.3 Å². The van der Waals surface area contributed by atoms with E-state index in [9.17, 15) is 36.4 Å². The van der Waals surface area contributed by atoms with Crippen molar-refractivity contribution in [2.24, 2.45) is 23.2 Å². The third-order valence-electron chi connectivity index (χ3n) is 10.6. The van der Waals surface area contributed by atoms with Crippen molar-refractivity contribution in [3.05, 3.63) is 29.3 Å². The van der Waals surface area contributed by atoms with Crippen molar-refractivity contribution < 1.29 is 36.4 Å². The van der Waals surface area contributed by atoms with Gasteiger partial charge in [0.05, 0.1) is 6.10 Å². The van der Waals surface area contributed by atoms with Crippen LogP contribution in [-0.4, -0.2) is 44.1 Å². The Morgan fingerprint density at radius 2 is 1.59 bits per heavy atom. The molecule has 0 radical (unpaired) electrons. The quantitative estimate of drug-likeness (QED) is 0.165. The minimum atomic E-state index is -5.54. The number of aliphatic hydroxyl groups excluding tert-OH is 1. The number of hydrogen-bond acceptors (Lipinski definition) is 3. The predicted octanol–water partition coefficient (Wildman–Crippen LogP) is 8.68. The van der Waals surface area contributed by atoms with Gasteiger partial charge in [-0.15, -0.1) is 0 Å². The van der Waals surface area contributed by atoms with Crippen molar-refractivity contribution in [2.45, 2.75) is 127 Å². The van der Waals surface area contributed by atoms with Crippen LogP contribution in [0.5, 0.6) is 5.75 Å². The number of alkyl halides is 5. The van der Waals surface area contributed by atoms with Gasteiger partial charge < -0.3 is 10.2 Å². The second-order valence-corrected chi connectivity index (χ2v) is 14.9. The van der Waals surface area contributed by atoms with E-state index in [1.54, 1.807) is 0 Å². The highest BCUT2D eigenvalue weighted by atomic mass is 32.2. The molecule has 0 bridgehead atoms. The number of rotatable bonds is 14. The van der Waals surface area contributed by atoms with Crippen LogP contribution in [0.25, 0.3) is 0 Å². The highest BCUT2D eigenvalue weighted by molar-refractivity contribution is 7.84. The third kappa shape index (κ3) is 7.66. The highest BCUT2D eigenvalue weighted by Crippen LogP contribution is 2.62. The van der Waals surface area contributed by atoms with Crippen molar-refractivity contribution in [2.75, 3.05) is 11.5 Å². The van der Waals surface area contributed by atoms with Crippen LogP contribution in [0.15, 0.2) is 18.2 Å². The normalized spacial score (nSPS) is 30.5. The van der Waals surface area contributed by atoms with Gasteiger partial charge in [0.2, 0.25) is 0 Å². The van der Waals surface area contributed by atoms with Crippen molar-refractivity contribution in [3.8, 4) is 5.75 Å². The lowest BCUT2D eigenvalue weighted by Crippen LogP contribution is -2.47. The molecular weight excluding hydrogens is 559 g/mol. The first-order valence-electron chi connectivity index (χ1n) is 15.6. The van der Waals surface area contributed by atoms with Gasteiger partial charge in [-0.25, -0.2) is 0 Å². The van der Waals surface area contributed by atoms with E-state index in [2.05, 4.69) is 13.0 Å². The van der Waals surface area contributed by atoms with Gasteiger partial charge in [0, 0.05) is 28.7 Å². The van der Waals surface area contributed by atoms with E-state index in [1.165, 1.54) is 11.1 Å². The van der Waals surface area contributed by atoms with E-state index >= 15 is 0 Å². The Hall–Kier alpha value is -1.22. The molecule has 3 nitrogen and oxygen atoms in total. The van der Waals surface area contributed by atoms with Crippen LogP contribution in [0.3, 0.4) is 0 Å². The molecule has 1 aromatic rings. The number of hydrogen-bond donors (Lipinski definition) is 2. The molecule has 4 rings (SSSR count). The second-order valence-electron chi connectivity index (χ2n) is 13.2. The Labute approximate surface area is 244 Å². The molecule has 0 spiro atoms. The monoisotopic (exact) mass is 606 g/mol. The van der Waals surface area contributed by atoms with Gasteiger partial charge in [0.15, 0.2) is 0 Å². The van der Waals surface area contributed by atoms with Gasteiger partial charge in [-0.1, -0.05) is 51.5 Å². The van der Waals surface area contributed by atoms with Gasteiger partial charge in [0.1, 0.15) is 5.75 Å². The van der Waals surface area contributed by atoms with Crippen LogP contribution in [0.2, 0.25) is 0 Å². The first-order valence-corrected chi connectivity index (χ1v) is 17.1. The number of aliphatic hydroxyl groups is 1. The number of halogens is 5. The average molecular weight is 607 g/mol. The molecule has 41 heavy (non-hydrogen) atoms. The molecule has 0 aromatic heterocycles. The lowest BCUT2D eigenvalue weighted by atomic mass is 9.52. The highest BCUT2D eigenvalue weighted by Gasteiger charge is 2.57. The smallest absolute Gasteiger partial charge is 0.453 e. The molecule has 2 fully saturated rings. The predicted molar refractivity (Wildman–Crippen MR) is 153 cm³/mol. The van der Waals surface area contributed by atoms with Crippen LogP contribution >= 0.6 is 0 Å². The molecule has 3 aliphatic rings. The summed E-state index contributed by atoms with van der Waals surface area (Å²) in [6.07, 6.45) is 5.97. The second kappa shape index (κ2) is 13.6. The van der Waals surface area contributed by atoms with Crippen molar-refractivity contribution in [1.29, 1.82) is 0 Å². The summed E-state index contributed by atoms with van der Waals surface area (Å²) in [4.78, 5) is 0. The van der Waals surface area contributed by atoms with Crippen molar-refractivity contribution >= 4 is 10.8 Å². The number of aromatic hydroxyl groups is 1. The summed E-state index contributed by atoms with van der Waals surface area (Å²) < 4.78 is 74.5. The zero-order chi connectivity index (χ0) is 29.8. The van der Waals surface area contributed by atoms with Gasteiger partial charge in [0.25, 0.3) is 0 Å². The van der Waals surface area contributed by atoms with Gasteiger partial charge >= 0.3 is 12.1 Å². The molecule has 1 aromatic carbocycles. The molecular formula is C32H47F5O3S. The molecule has 0 saturated heterocycles. The lowest BCUT2D eigenvalue weighted by Gasteiger charge is -2.53. The lowest BCUT2D eigenvalue weighted by molar-refractivity contribution is -0.284. The Balaban J connectivity index is 1.15. The standard InChI is InChI=1S/C32H47F5O3S/c1-30-17-15-26-25-12-11-24(38)21-23(25)20-22(29(26)27(30)13-14-28(30)39)10-7-5-3-2-4-6-8-18-41(40)19-9-16-31(33,34)32(35,36)37/h11-12,21-22,26-29,38-39H,2-10,13-20H2,1H3/t22-,26-,27-,28-,29-,30+,41?/m1/s1. The van der Waals surface area contributed by atoms with E-state index < -0.39 is 35.7 Å². The van der Waals surface area contributed by atoms with Gasteiger partial charge in [-0.3, -0.25) is 4.21 Å². The van der Waals surface area contributed by atoms with Crippen LogP contribution in [0.4, 0.5) is 22.0 Å². The first kappa shape index (κ1) is 32.7. The van der Waals surface area contributed by atoms with Crippen LogP contribution in [-0.2, 0) is 17.2 Å². The van der Waals surface area contributed by atoms with E-state index in [4.69, 9.17) is 0 Å². The summed E-state index contributed by atoms with van der Waals surface area (Å²) in [5, 5.41) is 21.0. The Bertz CT molecular complexity index is 1030. The fourth-order valence-electron chi connectivity index (χ4n) is 8.28. The Morgan fingerprint density at radius 3 is 2.29 bits per heavy atom. The maximum absolute atomic E-state index is 13.0. The molecule has 2 N–H and O–H groups in total. The van der Waals surface area contributed by atoms with Crippen LogP contribution < -0.4 is 0 Å². The average Bonchev–Trinajstić information content (AvgIpc) is 3.20. The van der Waals surface area contributed by atoms with Gasteiger partial charge in [-0.05, 0) is 104 Å². The molecule has 0 aliphatic heterocycles. The Kier molecular flexibility index (Phi) is 10.8. The molecule has 0 heterocycles. The fourth-order valence-corrected chi connectivity index (χ4v) is 9.48. The minimum absolute atomic E-state index is 0.0195. The maximum Gasteiger partial charge on any atom is 0.453 e. The summed E-state index contributed by atoms with van der Waals surface area (Å²) in [5.74, 6) is -1.91. The topological polar surface area (TPSA) is 57.5 Å². The Morgan fingerprint density at radius 1 is 0.927 bits per heavy atom. The van der Waals surface area contributed by atoms with Crippen LogP contribution in [0.1, 0.15) is 114 Å². The van der Waals surface area contributed by atoms with Crippen LogP contribution in [0, 0.1) is 23.2 Å². The zero-order valence-corrected chi connectivity index (χ0v) is 25.1. The number of fused-ring (bicyclic) bond motifs is 5. The van der Waals surface area contributed by atoms with E-state index in [1.807, 2.05) is 12.1 Å². The number of phenols is 1. The number of unbranched alkanes of at least 4 members (excludes halogenated alkanes) is 6. The first-order chi connectivity index (χ1) is 19.3. The van der Waals surface area contributed by atoms with Gasteiger partial charge in [-0.2, -0.15) is 22.0 Å². The zero-order valence-electron chi connectivity index (χ0n) is 24.2. The SMILES string of the molecule is C[C@]12CC[C@@H]3c4ccc(O)cc4C[C@@H](CCCCCCCCCS(=O)CCCC(F)(F)C(F)(F)F)[C@H]3[C@H]1CC[C@H]2O. The molecule has 0 amide bonds. The fraction of sp³-hybridized carbons (Fsp3) is 0.812. The molecule has 234 valence electrons. The number of phenolic OH excluding ortho intramolecular Hbond substituents is 1.